The van der Waals surface area contributed by atoms with Crippen molar-refractivity contribution in [2.24, 2.45) is 5.92 Å². The topological polar surface area (TPSA) is 57.8 Å². The van der Waals surface area contributed by atoms with Crippen LogP contribution in [0.4, 0.5) is 0 Å². The molecule has 0 bridgehead atoms. The van der Waals surface area contributed by atoms with E-state index in [1.165, 1.54) is 0 Å². The van der Waals surface area contributed by atoms with Gasteiger partial charge in [-0.25, -0.2) is 0 Å². The first-order valence-electron chi connectivity index (χ1n) is 6.96. The number of aryl methyl sites for hydroxylation is 1. The first kappa shape index (κ1) is 14.9. The van der Waals surface area contributed by atoms with E-state index >= 15 is 0 Å². The highest BCUT2D eigenvalue weighted by molar-refractivity contribution is 5.95. The van der Waals surface area contributed by atoms with Gasteiger partial charge in [-0.2, -0.15) is 5.26 Å². The molecule has 1 heterocycles. The maximum absolute atomic E-state index is 12.2. The van der Waals surface area contributed by atoms with Crippen LogP contribution in [0.15, 0.2) is 36.4 Å². The summed E-state index contributed by atoms with van der Waals surface area (Å²) in [5.41, 5.74) is 3.61. The zero-order valence-electron chi connectivity index (χ0n) is 12.6. The number of hydrogen-bond acceptors (Lipinski definition) is 2. The third kappa shape index (κ3) is 3.14. The van der Waals surface area contributed by atoms with Crippen molar-refractivity contribution in [1.82, 2.24) is 9.88 Å². The first-order valence-corrected chi connectivity index (χ1v) is 6.96. The molecule has 2 rings (SSSR count). The number of carbonyl (C=O) groups is 1. The second-order valence-electron chi connectivity index (χ2n) is 5.20. The molecule has 0 radical (unpaired) electrons. The van der Waals surface area contributed by atoms with Crippen molar-refractivity contribution in [3.63, 3.8) is 0 Å². The van der Waals surface area contributed by atoms with E-state index in [1.807, 2.05) is 50.2 Å². The second kappa shape index (κ2) is 6.27. The van der Waals surface area contributed by atoms with Crippen LogP contribution >= 0.6 is 0 Å². The lowest BCUT2D eigenvalue weighted by Crippen LogP contribution is -2.28. The summed E-state index contributed by atoms with van der Waals surface area (Å²) in [6.45, 7) is 6.06. The van der Waals surface area contributed by atoms with E-state index in [0.717, 1.165) is 17.1 Å². The standard InChI is InChI=1S/C17H19N3O/c1-12(10-18)11-19-17(21)16-9-13(2)20(14(16)3)15-7-5-4-6-8-15/h4-9,12H,11H2,1-3H3,(H,19,21). The molecule has 0 saturated carbocycles. The van der Waals surface area contributed by atoms with Gasteiger partial charge in [-0.15, -0.1) is 0 Å². The van der Waals surface area contributed by atoms with Crippen molar-refractivity contribution in [2.75, 3.05) is 6.54 Å². The molecular weight excluding hydrogens is 262 g/mol. The molecule has 1 atom stereocenters. The predicted molar refractivity (Wildman–Crippen MR) is 82.4 cm³/mol. The van der Waals surface area contributed by atoms with E-state index in [2.05, 4.69) is 16.0 Å². The fraction of sp³-hybridized carbons (Fsp3) is 0.294. The smallest absolute Gasteiger partial charge is 0.253 e. The Morgan fingerprint density at radius 1 is 1.33 bits per heavy atom. The molecule has 0 aliphatic heterocycles. The van der Waals surface area contributed by atoms with Crippen LogP contribution in [0.25, 0.3) is 5.69 Å². The summed E-state index contributed by atoms with van der Waals surface area (Å²) in [7, 11) is 0. The quantitative estimate of drug-likeness (QED) is 0.936. The second-order valence-corrected chi connectivity index (χ2v) is 5.20. The van der Waals surface area contributed by atoms with Gasteiger partial charge in [-0.3, -0.25) is 4.79 Å². The van der Waals surface area contributed by atoms with Crippen molar-refractivity contribution >= 4 is 5.91 Å². The summed E-state index contributed by atoms with van der Waals surface area (Å²) in [6, 6.07) is 13.9. The summed E-state index contributed by atoms with van der Waals surface area (Å²) < 4.78 is 2.06. The third-order valence-corrected chi connectivity index (χ3v) is 3.48. The molecule has 21 heavy (non-hydrogen) atoms. The van der Waals surface area contributed by atoms with Gasteiger partial charge in [0.05, 0.1) is 17.6 Å². The van der Waals surface area contributed by atoms with Crippen molar-refractivity contribution in [1.29, 1.82) is 5.26 Å². The Labute approximate surface area is 125 Å². The lowest BCUT2D eigenvalue weighted by Gasteiger charge is -2.10. The monoisotopic (exact) mass is 281 g/mol. The van der Waals surface area contributed by atoms with Gasteiger partial charge in [0, 0.05) is 23.6 Å². The molecule has 1 unspecified atom stereocenters. The van der Waals surface area contributed by atoms with Gasteiger partial charge in [-0.1, -0.05) is 18.2 Å². The van der Waals surface area contributed by atoms with Crippen LogP contribution in [0.1, 0.15) is 28.7 Å². The van der Waals surface area contributed by atoms with Gasteiger partial charge in [0.25, 0.3) is 5.91 Å². The molecule has 0 aliphatic carbocycles. The van der Waals surface area contributed by atoms with Crippen molar-refractivity contribution in [2.45, 2.75) is 20.8 Å². The average molecular weight is 281 g/mol. The molecule has 1 N–H and O–H groups in total. The molecule has 0 fully saturated rings. The van der Waals surface area contributed by atoms with E-state index < -0.39 is 0 Å². The Bertz CT molecular complexity index is 680. The fourth-order valence-electron chi connectivity index (χ4n) is 2.35. The number of carbonyl (C=O) groups excluding carboxylic acids is 1. The molecule has 2 aromatic rings. The normalized spacial score (nSPS) is 11.7. The van der Waals surface area contributed by atoms with Gasteiger partial charge in [0.2, 0.25) is 0 Å². The number of para-hydroxylation sites is 1. The van der Waals surface area contributed by atoms with Gasteiger partial charge in [0.15, 0.2) is 0 Å². The summed E-state index contributed by atoms with van der Waals surface area (Å²) in [5, 5.41) is 11.6. The number of nitrogens with one attached hydrogen (secondary N) is 1. The van der Waals surface area contributed by atoms with Crippen LogP contribution in [0.2, 0.25) is 0 Å². The number of aromatic nitrogens is 1. The minimum atomic E-state index is -0.188. The predicted octanol–water partition coefficient (Wildman–Crippen LogP) is 2.98. The lowest BCUT2D eigenvalue weighted by atomic mass is 10.2. The Balaban J connectivity index is 2.28. The van der Waals surface area contributed by atoms with Gasteiger partial charge in [-0.05, 0) is 39.0 Å². The molecule has 108 valence electrons. The first-order chi connectivity index (χ1) is 10.0. The molecule has 0 aliphatic rings. The zero-order chi connectivity index (χ0) is 15.4. The molecule has 0 spiro atoms. The van der Waals surface area contributed by atoms with Crippen LogP contribution < -0.4 is 5.32 Å². The minimum Gasteiger partial charge on any atom is -0.351 e. The zero-order valence-corrected chi connectivity index (χ0v) is 12.6. The van der Waals surface area contributed by atoms with Crippen LogP contribution in [0.3, 0.4) is 0 Å². The number of hydrogen-bond donors (Lipinski definition) is 1. The summed E-state index contributed by atoms with van der Waals surface area (Å²) in [6.07, 6.45) is 0. The minimum absolute atomic E-state index is 0.132. The fourth-order valence-corrected chi connectivity index (χ4v) is 2.35. The van der Waals surface area contributed by atoms with E-state index in [4.69, 9.17) is 5.26 Å². The Hall–Kier alpha value is -2.54. The van der Waals surface area contributed by atoms with Crippen LogP contribution in [0, 0.1) is 31.1 Å². The van der Waals surface area contributed by atoms with Gasteiger partial charge < -0.3 is 9.88 Å². The molecule has 1 aromatic carbocycles. The molecule has 1 aromatic heterocycles. The summed E-state index contributed by atoms with van der Waals surface area (Å²) >= 11 is 0. The van der Waals surface area contributed by atoms with Crippen LogP contribution in [0.5, 0.6) is 0 Å². The molecule has 0 saturated heterocycles. The molecule has 4 heteroatoms. The SMILES string of the molecule is Cc1cc(C(=O)NCC(C)C#N)c(C)n1-c1ccccc1. The van der Waals surface area contributed by atoms with Gasteiger partial charge >= 0.3 is 0 Å². The number of rotatable bonds is 4. The largest absolute Gasteiger partial charge is 0.351 e. The van der Waals surface area contributed by atoms with E-state index in [-0.39, 0.29) is 11.8 Å². The number of nitrogens with zero attached hydrogens (tertiary/aromatic N) is 2. The van der Waals surface area contributed by atoms with Crippen molar-refractivity contribution in [3.05, 3.63) is 53.3 Å². The van der Waals surface area contributed by atoms with Crippen molar-refractivity contribution in [3.8, 4) is 11.8 Å². The van der Waals surface area contributed by atoms with E-state index in [0.29, 0.717) is 12.1 Å². The maximum Gasteiger partial charge on any atom is 0.253 e. The molecular formula is C17H19N3O. The van der Waals surface area contributed by atoms with E-state index in [9.17, 15) is 4.79 Å². The molecule has 1 amide bonds. The Morgan fingerprint density at radius 3 is 2.62 bits per heavy atom. The highest BCUT2D eigenvalue weighted by Gasteiger charge is 2.16. The summed E-state index contributed by atoms with van der Waals surface area (Å²) in [4.78, 5) is 12.2. The van der Waals surface area contributed by atoms with Gasteiger partial charge in [0.1, 0.15) is 0 Å². The average Bonchev–Trinajstić information content (AvgIpc) is 2.80. The van der Waals surface area contributed by atoms with E-state index in [1.54, 1.807) is 6.92 Å². The lowest BCUT2D eigenvalue weighted by molar-refractivity contribution is 0.0950. The molecule has 4 nitrogen and oxygen atoms in total. The number of benzene rings is 1. The summed E-state index contributed by atoms with van der Waals surface area (Å²) in [5.74, 6) is -0.320. The van der Waals surface area contributed by atoms with Crippen LogP contribution in [-0.4, -0.2) is 17.0 Å². The highest BCUT2D eigenvalue weighted by Crippen LogP contribution is 2.20. The third-order valence-electron chi connectivity index (χ3n) is 3.48. The Kier molecular flexibility index (Phi) is 4.44. The maximum atomic E-state index is 12.2. The van der Waals surface area contributed by atoms with Crippen molar-refractivity contribution < 1.29 is 4.79 Å². The van der Waals surface area contributed by atoms with Crippen LogP contribution in [-0.2, 0) is 0 Å². The number of amides is 1. The Morgan fingerprint density at radius 2 is 2.00 bits per heavy atom. The number of nitriles is 1. The highest BCUT2D eigenvalue weighted by atomic mass is 16.1.